The van der Waals surface area contributed by atoms with Gasteiger partial charge in [-0.25, -0.2) is 9.78 Å². The summed E-state index contributed by atoms with van der Waals surface area (Å²) in [6.07, 6.45) is 3.94. The van der Waals surface area contributed by atoms with Gasteiger partial charge in [0.1, 0.15) is 9.88 Å². The smallest absolute Gasteiger partial charge is 0.350 e. The van der Waals surface area contributed by atoms with Crippen LogP contribution in [-0.4, -0.2) is 61.1 Å². The molecule has 1 unspecified atom stereocenters. The molecule has 1 aliphatic heterocycles. The van der Waals surface area contributed by atoms with Gasteiger partial charge in [0.05, 0.1) is 24.9 Å². The second-order valence-corrected chi connectivity index (χ2v) is 7.75. The van der Waals surface area contributed by atoms with E-state index in [0.717, 1.165) is 30.6 Å². The zero-order chi connectivity index (χ0) is 19.6. The number of ether oxygens (including phenoxy) is 1. The molecule has 27 heavy (non-hydrogen) atoms. The third-order valence-corrected chi connectivity index (χ3v) is 5.80. The SMILES string of the molecule is CCNC(=NCCN1CCCCC1)NC(C)c1nc(C)c(C(=O)OCC)s1. The van der Waals surface area contributed by atoms with Crippen LogP contribution in [0.1, 0.15) is 66.4 Å². The highest BCUT2D eigenvalue weighted by atomic mass is 32.1. The zero-order valence-corrected chi connectivity index (χ0v) is 17.8. The highest BCUT2D eigenvalue weighted by Gasteiger charge is 2.20. The van der Waals surface area contributed by atoms with Crippen molar-refractivity contribution < 1.29 is 9.53 Å². The van der Waals surface area contributed by atoms with Crippen LogP contribution in [0.2, 0.25) is 0 Å². The molecule has 0 saturated carbocycles. The largest absolute Gasteiger partial charge is 0.462 e. The summed E-state index contributed by atoms with van der Waals surface area (Å²) in [7, 11) is 0. The van der Waals surface area contributed by atoms with E-state index in [0.29, 0.717) is 17.2 Å². The van der Waals surface area contributed by atoms with E-state index in [1.165, 1.54) is 43.7 Å². The Hall–Kier alpha value is -1.67. The Balaban J connectivity index is 1.95. The minimum absolute atomic E-state index is 0.0373. The van der Waals surface area contributed by atoms with E-state index in [1.807, 2.05) is 20.8 Å². The lowest BCUT2D eigenvalue weighted by atomic mass is 10.1. The quantitative estimate of drug-likeness (QED) is 0.400. The van der Waals surface area contributed by atoms with Crippen LogP contribution in [0.4, 0.5) is 0 Å². The van der Waals surface area contributed by atoms with Gasteiger partial charge in [-0.3, -0.25) is 4.99 Å². The minimum Gasteiger partial charge on any atom is -0.462 e. The summed E-state index contributed by atoms with van der Waals surface area (Å²) in [5, 5.41) is 7.55. The normalized spacial score (nSPS) is 16.8. The fourth-order valence-electron chi connectivity index (χ4n) is 3.06. The van der Waals surface area contributed by atoms with Gasteiger partial charge in [-0.15, -0.1) is 11.3 Å². The standard InChI is InChI=1S/C19H33N5O2S/c1-5-20-19(21-10-13-24-11-8-7-9-12-24)23-15(4)17-22-14(3)16(27-17)18(25)26-6-2/h15H,5-13H2,1-4H3,(H2,20,21,23). The lowest BCUT2D eigenvalue weighted by molar-refractivity contribution is 0.0531. The van der Waals surface area contributed by atoms with Crippen molar-refractivity contribution in [3.8, 4) is 0 Å². The number of nitrogens with zero attached hydrogens (tertiary/aromatic N) is 3. The molecule has 1 aliphatic rings. The van der Waals surface area contributed by atoms with Crippen LogP contribution < -0.4 is 10.6 Å². The molecule has 0 aromatic carbocycles. The van der Waals surface area contributed by atoms with Gasteiger partial charge in [0.25, 0.3) is 0 Å². The number of hydrogen-bond acceptors (Lipinski definition) is 6. The lowest BCUT2D eigenvalue weighted by Crippen LogP contribution is -2.39. The Morgan fingerprint density at radius 1 is 1.33 bits per heavy atom. The van der Waals surface area contributed by atoms with Crippen molar-refractivity contribution in [3.05, 3.63) is 15.6 Å². The van der Waals surface area contributed by atoms with Crippen molar-refractivity contribution in [1.82, 2.24) is 20.5 Å². The van der Waals surface area contributed by atoms with Crippen molar-refractivity contribution in [3.63, 3.8) is 0 Å². The Morgan fingerprint density at radius 2 is 2.07 bits per heavy atom. The van der Waals surface area contributed by atoms with Crippen molar-refractivity contribution in [1.29, 1.82) is 0 Å². The fraction of sp³-hybridized carbons (Fsp3) is 0.737. The maximum atomic E-state index is 12.0. The van der Waals surface area contributed by atoms with Gasteiger partial charge in [0.15, 0.2) is 5.96 Å². The maximum Gasteiger partial charge on any atom is 0.350 e. The summed E-state index contributed by atoms with van der Waals surface area (Å²) in [5.41, 5.74) is 0.717. The van der Waals surface area contributed by atoms with Crippen molar-refractivity contribution in [2.75, 3.05) is 39.3 Å². The van der Waals surface area contributed by atoms with Crippen molar-refractivity contribution >= 4 is 23.3 Å². The first-order valence-corrected chi connectivity index (χ1v) is 10.8. The van der Waals surface area contributed by atoms with Gasteiger partial charge >= 0.3 is 5.97 Å². The van der Waals surface area contributed by atoms with Crippen LogP contribution in [0.25, 0.3) is 0 Å². The third-order valence-electron chi connectivity index (χ3n) is 4.48. The van der Waals surface area contributed by atoms with E-state index in [1.54, 1.807) is 0 Å². The van der Waals surface area contributed by atoms with E-state index < -0.39 is 0 Å². The average Bonchev–Trinajstić information content (AvgIpc) is 3.05. The molecule has 0 amide bonds. The van der Waals surface area contributed by atoms with Crippen molar-refractivity contribution in [2.24, 2.45) is 4.99 Å². The van der Waals surface area contributed by atoms with Crippen LogP contribution >= 0.6 is 11.3 Å². The predicted molar refractivity (Wildman–Crippen MR) is 111 cm³/mol. The number of aromatic nitrogens is 1. The van der Waals surface area contributed by atoms with Crippen LogP contribution in [0.3, 0.4) is 0 Å². The number of hydrogen-bond donors (Lipinski definition) is 2. The Morgan fingerprint density at radius 3 is 2.74 bits per heavy atom. The number of nitrogens with one attached hydrogen (secondary N) is 2. The number of piperidine rings is 1. The first-order chi connectivity index (χ1) is 13.0. The van der Waals surface area contributed by atoms with Gasteiger partial charge in [-0.2, -0.15) is 0 Å². The first-order valence-electron chi connectivity index (χ1n) is 9.96. The minimum atomic E-state index is -0.298. The summed E-state index contributed by atoms with van der Waals surface area (Å²) >= 11 is 1.38. The van der Waals surface area contributed by atoms with E-state index in [9.17, 15) is 4.79 Å². The van der Waals surface area contributed by atoms with Crippen LogP contribution in [0, 0.1) is 6.92 Å². The number of guanidine groups is 1. The van der Waals surface area contributed by atoms with Gasteiger partial charge in [0.2, 0.25) is 0 Å². The number of carbonyl (C=O) groups excluding carboxylic acids is 1. The summed E-state index contributed by atoms with van der Waals surface area (Å²) in [4.78, 5) is 24.3. The summed E-state index contributed by atoms with van der Waals surface area (Å²) < 4.78 is 5.10. The first kappa shape index (κ1) is 21.6. The Labute approximate surface area is 166 Å². The van der Waals surface area contributed by atoms with Gasteiger partial charge in [0, 0.05) is 13.1 Å². The number of aryl methyl sites for hydroxylation is 1. The molecular formula is C19H33N5O2S. The number of carbonyl (C=O) groups is 1. The molecular weight excluding hydrogens is 362 g/mol. The summed E-state index contributed by atoms with van der Waals surface area (Å²) in [6, 6.07) is -0.0373. The third kappa shape index (κ3) is 6.77. The van der Waals surface area contributed by atoms with E-state index in [-0.39, 0.29) is 12.0 Å². The van der Waals surface area contributed by atoms with E-state index in [2.05, 4.69) is 27.4 Å². The van der Waals surface area contributed by atoms with Gasteiger partial charge in [-0.1, -0.05) is 6.42 Å². The second-order valence-electron chi connectivity index (χ2n) is 6.72. The maximum absolute atomic E-state index is 12.0. The number of esters is 1. The average molecular weight is 396 g/mol. The van der Waals surface area contributed by atoms with Crippen LogP contribution in [0.15, 0.2) is 4.99 Å². The highest BCUT2D eigenvalue weighted by Crippen LogP contribution is 2.24. The number of likely N-dealkylation sites (tertiary alicyclic amines) is 1. The van der Waals surface area contributed by atoms with Gasteiger partial charge < -0.3 is 20.3 Å². The van der Waals surface area contributed by atoms with Crippen molar-refractivity contribution in [2.45, 2.75) is 53.0 Å². The van der Waals surface area contributed by atoms with E-state index >= 15 is 0 Å². The summed E-state index contributed by atoms with van der Waals surface area (Å²) in [6.45, 7) is 13.0. The molecule has 2 heterocycles. The fourth-order valence-corrected chi connectivity index (χ4v) is 4.02. The Bertz CT molecular complexity index is 626. The molecule has 2 N–H and O–H groups in total. The molecule has 0 bridgehead atoms. The van der Waals surface area contributed by atoms with E-state index in [4.69, 9.17) is 9.73 Å². The number of aliphatic imine (C=N–C) groups is 1. The molecule has 7 nitrogen and oxygen atoms in total. The molecule has 1 fully saturated rings. The lowest BCUT2D eigenvalue weighted by Gasteiger charge is -2.25. The van der Waals surface area contributed by atoms with Crippen LogP contribution in [-0.2, 0) is 4.74 Å². The topological polar surface area (TPSA) is 78.9 Å². The second kappa shape index (κ2) is 11.2. The molecule has 1 aromatic heterocycles. The molecule has 1 atom stereocenters. The molecule has 1 saturated heterocycles. The molecule has 1 aromatic rings. The summed E-state index contributed by atoms with van der Waals surface area (Å²) in [5.74, 6) is 0.487. The molecule has 0 aliphatic carbocycles. The number of thiazole rings is 1. The highest BCUT2D eigenvalue weighted by molar-refractivity contribution is 7.13. The Kier molecular flexibility index (Phi) is 9.00. The predicted octanol–water partition coefficient (Wildman–Crippen LogP) is 2.73. The molecule has 0 radical (unpaired) electrons. The number of rotatable bonds is 8. The van der Waals surface area contributed by atoms with Crippen LogP contribution in [0.5, 0.6) is 0 Å². The molecule has 8 heteroatoms. The molecule has 152 valence electrons. The molecule has 0 spiro atoms. The molecule has 2 rings (SSSR count). The monoisotopic (exact) mass is 395 g/mol. The van der Waals surface area contributed by atoms with Gasteiger partial charge in [-0.05, 0) is 53.6 Å². The zero-order valence-electron chi connectivity index (χ0n) is 17.0.